The largest absolute Gasteiger partial charge is 0.282 e. The van der Waals surface area contributed by atoms with Gasteiger partial charge >= 0.3 is 0 Å². The first-order valence-corrected chi connectivity index (χ1v) is 6.13. The van der Waals surface area contributed by atoms with Gasteiger partial charge in [0.1, 0.15) is 0 Å². The van der Waals surface area contributed by atoms with Gasteiger partial charge in [-0.3, -0.25) is 19.8 Å². The Labute approximate surface area is 124 Å². The molecule has 0 heterocycles. The van der Waals surface area contributed by atoms with E-state index in [0.717, 1.165) is 0 Å². The normalized spacial score (nSPS) is 9.71. The lowest BCUT2D eigenvalue weighted by Gasteiger charge is -2.18. The Bertz CT molecular complexity index is 738. The Hall–Kier alpha value is -2.91. The second-order valence-corrected chi connectivity index (χ2v) is 4.43. The van der Waals surface area contributed by atoms with Crippen molar-refractivity contribution in [1.82, 2.24) is 0 Å². The molecular formula is C14H8ClN3O3. The van der Waals surface area contributed by atoms with Crippen molar-refractivity contribution in [2.45, 2.75) is 0 Å². The minimum absolute atomic E-state index is 0.171. The molecule has 0 aromatic heterocycles. The van der Waals surface area contributed by atoms with Gasteiger partial charge in [-0.2, -0.15) is 5.26 Å². The van der Waals surface area contributed by atoms with Crippen LogP contribution in [0.2, 0.25) is 5.02 Å². The van der Waals surface area contributed by atoms with Crippen molar-refractivity contribution < 1.29 is 9.72 Å². The van der Waals surface area contributed by atoms with Gasteiger partial charge in [-0.25, -0.2) is 0 Å². The summed E-state index contributed by atoms with van der Waals surface area (Å²) in [5.74, 6) is 0. The number of carbonyl (C=O) groups is 1. The molecule has 2 aromatic carbocycles. The Morgan fingerprint density at radius 3 is 2.43 bits per heavy atom. The molecule has 2 aromatic rings. The molecule has 0 aliphatic heterocycles. The van der Waals surface area contributed by atoms with Crippen LogP contribution < -0.4 is 4.90 Å². The number of nitrogens with zero attached hydrogens (tertiary/aromatic N) is 3. The van der Waals surface area contributed by atoms with Crippen molar-refractivity contribution in [3.63, 3.8) is 0 Å². The SMILES string of the molecule is N#Cc1ccc(N(C=O)c2cc([N+](=O)[O-])ccc2Cl)cc1. The second-order valence-electron chi connectivity index (χ2n) is 4.03. The number of rotatable bonds is 4. The summed E-state index contributed by atoms with van der Waals surface area (Å²) >= 11 is 6.01. The molecule has 0 fully saturated rings. The predicted octanol–water partition coefficient (Wildman–Crippen LogP) is 3.41. The summed E-state index contributed by atoms with van der Waals surface area (Å²) in [6.45, 7) is 0. The highest BCUT2D eigenvalue weighted by molar-refractivity contribution is 6.34. The fraction of sp³-hybridized carbons (Fsp3) is 0. The minimum Gasteiger partial charge on any atom is -0.282 e. The number of carbonyl (C=O) groups excluding carboxylic acids is 1. The van der Waals surface area contributed by atoms with Crippen molar-refractivity contribution in [2.24, 2.45) is 0 Å². The molecule has 0 N–H and O–H groups in total. The van der Waals surface area contributed by atoms with Gasteiger partial charge in [-0.05, 0) is 30.3 Å². The topological polar surface area (TPSA) is 87.2 Å². The zero-order valence-corrected chi connectivity index (χ0v) is 11.3. The lowest BCUT2D eigenvalue weighted by molar-refractivity contribution is -0.384. The number of nitro groups is 1. The fourth-order valence-electron chi connectivity index (χ4n) is 1.75. The van der Waals surface area contributed by atoms with Gasteiger partial charge in [0.2, 0.25) is 6.41 Å². The van der Waals surface area contributed by atoms with Gasteiger partial charge < -0.3 is 0 Å². The van der Waals surface area contributed by atoms with Crippen LogP contribution in [0.3, 0.4) is 0 Å². The molecular weight excluding hydrogens is 294 g/mol. The monoisotopic (exact) mass is 301 g/mol. The van der Waals surface area contributed by atoms with Crippen LogP contribution >= 0.6 is 11.6 Å². The Morgan fingerprint density at radius 2 is 1.90 bits per heavy atom. The number of hydrogen-bond donors (Lipinski definition) is 0. The zero-order chi connectivity index (χ0) is 15.4. The molecule has 0 spiro atoms. The van der Waals surface area contributed by atoms with E-state index >= 15 is 0 Å². The number of anilines is 2. The molecule has 0 radical (unpaired) electrons. The third-order valence-electron chi connectivity index (χ3n) is 2.78. The van der Waals surface area contributed by atoms with Gasteiger partial charge in [0.15, 0.2) is 0 Å². The molecule has 0 saturated carbocycles. The smallest absolute Gasteiger partial charge is 0.271 e. The zero-order valence-electron chi connectivity index (χ0n) is 10.6. The van der Waals surface area contributed by atoms with E-state index in [2.05, 4.69) is 0 Å². The van der Waals surface area contributed by atoms with E-state index in [1.165, 1.54) is 35.2 Å². The molecule has 6 nitrogen and oxygen atoms in total. The molecule has 0 aliphatic carbocycles. The summed E-state index contributed by atoms with van der Waals surface area (Å²) < 4.78 is 0. The third-order valence-corrected chi connectivity index (χ3v) is 3.10. The fourth-order valence-corrected chi connectivity index (χ4v) is 1.96. The highest BCUT2D eigenvalue weighted by Gasteiger charge is 2.16. The highest BCUT2D eigenvalue weighted by Crippen LogP contribution is 2.33. The molecule has 7 heteroatoms. The van der Waals surface area contributed by atoms with Crippen molar-refractivity contribution in [2.75, 3.05) is 4.90 Å². The number of amides is 1. The minimum atomic E-state index is -0.568. The van der Waals surface area contributed by atoms with Gasteiger partial charge in [0.25, 0.3) is 5.69 Å². The molecule has 0 aliphatic rings. The molecule has 1 amide bonds. The van der Waals surface area contributed by atoms with Crippen LogP contribution in [0, 0.1) is 21.4 Å². The Kier molecular flexibility index (Phi) is 4.16. The van der Waals surface area contributed by atoms with Gasteiger partial charge in [0.05, 0.1) is 27.3 Å². The first kappa shape index (κ1) is 14.5. The summed E-state index contributed by atoms with van der Waals surface area (Å²) in [6, 6.07) is 12.0. The van der Waals surface area contributed by atoms with Crippen molar-refractivity contribution in [1.29, 1.82) is 5.26 Å². The number of benzene rings is 2. The quantitative estimate of drug-likeness (QED) is 0.492. The summed E-state index contributed by atoms with van der Waals surface area (Å²) in [7, 11) is 0. The highest BCUT2D eigenvalue weighted by atomic mass is 35.5. The van der Waals surface area contributed by atoms with Gasteiger partial charge in [-0.15, -0.1) is 0 Å². The number of non-ortho nitro benzene ring substituents is 1. The molecule has 0 saturated heterocycles. The molecule has 104 valence electrons. The molecule has 2 rings (SSSR count). The molecule has 0 bridgehead atoms. The van der Waals surface area contributed by atoms with Crippen molar-refractivity contribution >= 4 is 35.1 Å². The lowest BCUT2D eigenvalue weighted by Crippen LogP contribution is -2.14. The second kappa shape index (κ2) is 6.03. The molecule has 0 atom stereocenters. The van der Waals surface area contributed by atoms with Crippen LogP contribution in [-0.2, 0) is 4.79 Å². The average Bonchev–Trinajstić information content (AvgIpc) is 2.50. The van der Waals surface area contributed by atoms with Crippen LogP contribution in [0.1, 0.15) is 5.56 Å². The number of hydrogen-bond acceptors (Lipinski definition) is 4. The van der Waals surface area contributed by atoms with E-state index in [1.807, 2.05) is 6.07 Å². The average molecular weight is 302 g/mol. The van der Waals surface area contributed by atoms with Crippen LogP contribution in [0.15, 0.2) is 42.5 Å². The van der Waals surface area contributed by atoms with Crippen LogP contribution in [-0.4, -0.2) is 11.3 Å². The Balaban J connectivity index is 2.50. The predicted molar refractivity (Wildman–Crippen MR) is 77.5 cm³/mol. The lowest BCUT2D eigenvalue weighted by atomic mass is 10.2. The first-order valence-electron chi connectivity index (χ1n) is 5.75. The first-order chi connectivity index (χ1) is 10.1. The van der Waals surface area contributed by atoms with E-state index in [0.29, 0.717) is 17.7 Å². The molecule has 21 heavy (non-hydrogen) atoms. The maximum atomic E-state index is 11.3. The van der Waals surface area contributed by atoms with Crippen molar-refractivity contribution in [3.8, 4) is 6.07 Å². The number of halogens is 1. The number of nitriles is 1. The van der Waals surface area contributed by atoms with Crippen LogP contribution in [0.25, 0.3) is 0 Å². The summed E-state index contributed by atoms with van der Waals surface area (Å²) in [5, 5.41) is 19.8. The van der Waals surface area contributed by atoms with E-state index in [9.17, 15) is 14.9 Å². The molecule has 0 unspecified atom stereocenters. The Morgan fingerprint density at radius 1 is 1.24 bits per heavy atom. The van der Waals surface area contributed by atoms with Crippen molar-refractivity contribution in [3.05, 3.63) is 63.2 Å². The van der Waals surface area contributed by atoms with E-state index in [-0.39, 0.29) is 16.4 Å². The maximum absolute atomic E-state index is 11.3. The van der Waals surface area contributed by atoms with E-state index in [1.54, 1.807) is 12.1 Å². The van der Waals surface area contributed by atoms with Crippen LogP contribution in [0.4, 0.5) is 17.1 Å². The van der Waals surface area contributed by atoms with Gasteiger partial charge in [-0.1, -0.05) is 11.6 Å². The van der Waals surface area contributed by atoms with E-state index in [4.69, 9.17) is 16.9 Å². The maximum Gasteiger partial charge on any atom is 0.271 e. The van der Waals surface area contributed by atoms with E-state index < -0.39 is 4.92 Å². The standard InChI is InChI=1S/C14H8ClN3O3/c15-13-6-5-12(18(20)21)7-14(13)17(9-19)11-3-1-10(8-16)2-4-11/h1-7,9H. The summed E-state index contributed by atoms with van der Waals surface area (Å²) in [4.78, 5) is 22.8. The van der Waals surface area contributed by atoms with Gasteiger partial charge in [0, 0.05) is 17.8 Å². The summed E-state index contributed by atoms with van der Waals surface area (Å²) in [5.41, 5.74) is 0.918. The number of nitro benzene ring substituents is 1. The van der Waals surface area contributed by atoms with Crippen LogP contribution in [0.5, 0.6) is 0 Å². The third kappa shape index (κ3) is 2.99. The summed E-state index contributed by atoms with van der Waals surface area (Å²) in [6.07, 6.45) is 0.506.